The van der Waals surface area contributed by atoms with E-state index in [1.54, 1.807) is 30.0 Å². The Morgan fingerprint density at radius 3 is 2.70 bits per heavy atom. The van der Waals surface area contributed by atoms with Gasteiger partial charge in [0.1, 0.15) is 5.75 Å². The fourth-order valence-corrected chi connectivity index (χ4v) is 4.00. The van der Waals surface area contributed by atoms with E-state index in [4.69, 9.17) is 4.74 Å². The Hall–Kier alpha value is -3.91. The average molecular weight is 459 g/mol. The van der Waals surface area contributed by atoms with E-state index in [1.807, 2.05) is 67.6 Å². The van der Waals surface area contributed by atoms with Crippen LogP contribution >= 0.6 is 11.8 Å². The van der Waals surface area contributed by atoms with Gasteiger partial charge in [-0.1, -0.05) is 53.7 Å². The SMILES string of the molecule is COc1cccc(C=NNC(=O)CSc2nc3ccccc3c(=O)n2-c2ccc(C)cc2)c1. The molecule has 4 aromatic rings. The zero-order valence-corrected chi connectivity index (χ0v) is 19.0. The van der Waals surface area contributed by atoms with Gasteiger partial charge < -0.3 is 4.74 Å². The molecule has 0 unspecified atom stereocenters. The van der Waals surface area contributed by atoms with Crippen molar-refractivity contribution in [3.8, 4) is 11.4 Å². The number of aromatic nitrogens is 2. The van der Waals surface area contributed by atoms with Crippen molar-refractivity contribution < 1.29 is 9.53 Å². The average Bonchev–Trinajstić information content (AvgIpc) is 2.84. The number of hydrogen-bond donors (Lipinski definition) is 1. The number of fused-ring (bicyclic) bond motifs is 1. The third-order valence-corrected chi connectivity index (χ3v) is 5.80. The van der Waals surface area contributed by atoms with Gasteiger partial charge in [0.05, 0.1) is 35.7 Å². The molecule has 7 nitrogen and oxygen atoms in total. The first-order valence-electron chi connectivity index (χ1n) is 10.2. The smallest absolute Gasteiger partial charge is 0.266 e. The van der Waals surface area contributed by atoms with Crippen LogP contribution in [0.1, 0.15) is 11.1 Å². The summed E-state index contributed by atoms with van der Waals surface area (Å²) in [6.45, 7) is 1.98. The van der Waals surface area contributed by atoms with Gasteiger partial charge in [-0.25, -0.2) is 10.4 Å². The number of methoxy groups -OCH3 is 1. The molecular weight excluding hydrogens is 436 g/mol. The van der Waals surface area contributed by atoms with Crippen LogP contribution in [0.3, 0.4) is 0 Å². The van der Waals surface area contributed by atoms with E-state index in [0.717, 1.165) is 11.1 Å². The summed E-state index contributed by atoms with van der Waals surface area (Å²) >= 11 is 1.18. The lowest BCUT2D eigenvalue weighted by molar-refractivity contribution is -0.118. The largest absolute Gasteiger partial charge is 0.497 e. The summed E-state index contributed by atoms with van der Waals surface area (Å²) in [6.07, 6.45) is 1.54. The molecule has 0 fully saturated rings. The Kier molecular flexibility index (Phi) is 6.85. The highest BCUT2D eigenvalue weighted by molar-refractivity contribution is 7.99. The fraction of sp³-hybridized carbons (Fsp3) is 0.120. The number of nitrogens with zero attached hydrogens (tertiary/aromatic N) is 3. The molecule has 8 heteroatoms. The van der Waals surface area contributed by atoms with Crippen molar-refractivity contribution in [3.63, 3.8) is 0 Å². The van der Waals surface area contributed by atoms with Crippen molar-refractivity contribution in [2.24, 2.45) is 5.10 Å². The number of ether oxygens (including phenoxy) is 1. The van der Waals surface area contributed by atoms with Crippen LogP contribution in [0.15, 0.2) is 87.8 Å². The molecule has 0 spiro atoms. The summed E-state index contributed by atoms with van der Waals surface area (Å²) in [5.41, 5.74) is 5.50. The Morgan fingerprint density at radius 2 is 1.91 bits per heavy atom. The number of para-hydroxylation sites is 1. The minimum Gasteiger partial charge on any atom is -0.497 e. The summed E-state index contributed by atoms with van der Waals surface area (Å²) in [7, 11) is 1.59. The lowest BCUT2D eigenvalue weighted by atomic mass is 10.2. The van der Waals surface area contributed by atoms with Crippen molar-refractivity contribution in [3.05, 3.63) is 94.3 Å². The van der Waals surface area contributed by atoms with Crippen molar-refractivity contribution in [2.45, 2.75) is 12.1 Å². The highest BCUT2D eigenvalue weighted by Crippen LogP contribution is 2.21. The van der Waals surface area contributed by atoms with E-state index in [9.17, 15) is 9.59 Å². The predicted molar refractivity (Wildman–Crippen MR) is 132 cm³/mol. The summed E-state index contributed by atoms with van der Waals surface area (Å²) in [5, 5.41) is 4.97. The Balaban J connectivity index is 1.54. The number of thioether (sulfide) groups is 1. The maximum Gasteiger partial charge on any atom is 0.266 e. The summed E-state index contributed by atoms with van der Waals surface area (Å²) < 4.78 is 6.72. The number of rotatable bonds is 7. The van der Waals surface area contributed by atoms with Crippen LogP contribution in [-0.2, 0) is 4.79 Å². The first-order chi connectivity index (χ1) is 16.0. The molecule has 1 amide bonds. The number of hydrazone groups is 1. The first kappa shape index (κ1) is 22.3. The van der Waals surface area contributed by atoms with Crippen LogP contribution in [0.4, 0.5) is 0 Å². The lowest BCUT2D eigenvalue weighted by Crippen LogP contribution is -2.24. The summed E-state index contributed by atoms with van der Waals surface area (Å²) in [6, 6.07) is 22.1. The van der Waals surface area contributed by atoms with Crippen LogP contribution in [0, 0.1) is 6.92 Å². The molecule has 0 aliphatic rings. The quantitative estimate of drug-likeness (QED) is 0.196. The molecule has 0 bridgehead atoms. The van der Waals surface area contributed by atoms with Gasteiger partial charge in [0.15, 0.2) is 5.16 Å². The third kappa shape index (κ3) is 5.30. The van der Waals surface area contributed by atoms with Crippen molar-refractivity contribution in [2.75, 3.05) is 12.9 Å². The van der Waals surface area contributed by atoms with Gasteiger partial charge in [0.25, 0.3) is 11.5 Å². The van der Waals surface area contributed by atoms with E-state index in [0.29, 0.717) is 27.5 Å². The third-order valence-electron chi connectivity index (χ3n) is 4.87. The normalized spacial score (nSPS) is 11.1. The zero-order valence-electron chi connectivity index (χ0n) is 18.2. The van der Waals surface area contributed by atoms with E-state index >= 15 is 0 Å². The van der Waals surface area contributed by atoms with Gasteiger partial charge in [0, 0.05) is 0 Å². The molecule has 0 aliphatic heterocycles. The number of aryl methyl sites for hydroxylation is 1. The molecule has 0 saturated heterocycles. The second kappa shape index (κ2) is 10.1. The van der Waals surface area contributed by atoms with Crippen LogP contribution in [0.5, 0.6) is 5.75 Å². The van der Waals surface area contributed by atoms with Gasteiger partial charge in [-0.05, 0) is 48.9 Å². The number of nitrogens with one attached hydrogen (secondary N) is 1. The molecule has 0 saturated carbocycles. The molecule has 1 heterocycles. The lowest BCUT2D eigenvalue weighted by Gasteiger charge is -2.13. The van der Waals surface area contributed by atoms with Gasteiger partial charge in [-0.2, -0.15) is 5.10 Å². The van der Waals surface area contributed by atoms with Gasteiger partial charge >= 0.3 is 0 Å². The molecule has 0 radical (unpaired) electrons. The Bertz CT molecular complexity index is 1380. The summed E-state index contributed by atoms with van der Waals surface area (Å²) in [5.74, 6) is 0.445. The first-order valence-corrected chi connectivity index (χ1v) is 11.2. The van der Waals surface area contributed by atoms with Crippen LogP contribution in [0.25, 0.3) is 16.6 Å². The maximum atomic E-state index is 13.2. The number of hydrogen-bond acceptors (Lipinski definition) is 6. The second-order valence-electron chi connectivity index (χ2n) is 7.25. The van der Waals surface area contributed by atoms with Crippen molar-refractivity contribution >= 4 is 34.8 Å². The standard InChI is InChI=1S/C25H22N4O3S/c1-17-10-12-19(13-11-17)29-24(31)21-8-3-4-9-22(21)27-25(29)33-16-23(30)28-26-15-18-6-5-7-20(14-18)32-2/h3-15H,16H2,1-2H3,(H,28,30). The van der Waals surface area contributed by atoms with Crippen LogP contribution < -0.4 is 15.7 Å². The van der Waals surface area contributed by atoms with Crippen molar-refractivity contribution in [1.29, 1.82) is 0 Å². The highest BCUT2D eigenvalue weighted by Gasteiger charge is 2.14. The minimum absolute atomic E-state index is 0.0477. The number of carbonyl (C=O) groups excluding carboxylic acids is 1. The molecule has 166 valence electrons. The molecular formula is C25H22N4O3S. The van der Waals surface area contributed by atoms with E-state index in [-0.39, 0.29) is 17.2 Å². The maximum absolute atomic E-state index is 13.2. The summed E-state index contributed by atoms with van der Waals surface area (Å²) in [4.78, 5) is 30.3. The Morgan fingerprint density at radius 1 is 1.12 bits per heavy atom. The monoisotopic (exact) mass is 458 g/mol. The molecule has 3 aromatic carbocycles. The highest BCUT2D eigenvalue weighted by atomic mass is 32.2. The van der Waals surface area contributed by atoms with Crippen LogP contribution in [-0.4, -0.2) is 34.5 Å². The molecule has 1 aromatic heterocycles. The second-order valence-corrected chi connectivity index (χ2v) is 8.19. The van der Waals surface area contributed by atoms with Crippen molar-refractivity contribution in [1.82, 2.24) is 15.0 Å². The molecule has 33 heavy (non-hydrogen) atoms. The molecule has 0 aliphatic carbocycles. The van der Waals surface area contributed by atoms with E-state index < -0.39 is 0 Å². The number of benzene rings is 3. The number of amides is 1. The van der Waals surface area contributed by atoms with Gasteiger partial charge in [-0.15, -0.1) is 0 Å². The molecule has 0 atom stereocenters. The van der Waals surface area contributed by atoms with E-state index in [2.05, 4.69) is 15.5 Å². The predicted octanol–water partition coefficient (Wildman–Crippen LogP) is 3.95. The Labute approximate surface area is 195 Å². The molecule has 4 rings (SSSR count). The van der Waals surface area contributed by atoms with Gasteiger partial charge in [0.2, 0.25) is 0 Å². The van der Waals surface area contributed by atoms with Crippen LogP contribution in [0.2, 0.25) is 0 Å². The minimum atomic E-state index is -0.308. The van der Waals surface area contributed by atoms with E-state index in [1.165, 1.54) is 11.8 Å². The van der Waals surface area contributed by atoms with Gasteiger partial charge in [-0.3, -0.25) is 14.2 Å². The fourth-order valence-electron chi connectivity index (χ4n) is 3.19. The zero-order chi connectivity index (χ0) is 23.2. The topological polar surface area (TPSA) is 85.6 Å². The molecule has 1 N–H and O–H groups in total. The number of carbonyl (C=O) groups is 1.